The number of carbonyl (C=O) groups is 2. The minimum Gasteiger partial charge on any atom is -0.356 e. The van der Waals surface area contributed by atoms with Crippen molar-refractivity contribution < 1.29 is 18.4 Å². The van der Waals surface area contributed by atoms with Crippen LogP contribution in [-0.4, -0.2) is 30.4 Å². The molecule has 0 unspecified atom stereocenters. The minimum atomic E-state index is -0.896. The Balaban J connectivity index is 1.42. The average Bonchev–Trinajstić information content (AvgIpc) is 3.16. The molecular weight excluding hydrogens is 424 g/mol. The van der Waals surface area contributed by atoms with Crippen molar-refractivity contribution >= 4 is 22.7 Å². The number of aromatic nitrogens is 1. The molecule has 0 atom stereocenters. The van der Waals surface area contributed by atoms with E-state index in [4.69, 9.17) is 0 Å². The summed E-state index contributed by atoms with van der Waals surface area (Å²) in [7, 11) is 1.58. The summed E-state index contributed by atoms with van der Waals surface area (Å²) < 4.78 is 27.5. The number of aryl methyl sites for hydroxylation is 1. The van der Waals surface area contributed by atoms with Gasteiger partial charge in [-0.25, -0.2) is 8.78 Å². The lowest BCUT2D eigenvalue weighted by Gasteiger charge is -2.08. The molecule has 168 valence electrons. The van der Waals surface area contributed by atoms with Gasteiger partial charge in [-0.2, -0.15) is 0 Å². The second kappa shape index (κ2) is 9.24. The molecule has 1 aromatic heterocycles. The first kappa shape index (κ1) is 22.2. The maximum atomic E-state index is 14.0. The Labute approximate surface area is 189 Å². The number of halogens is 2. The quantitative estimate of drug-likeness (QED) is 0.399. The second-order valence-corrected chi connectivity index (χ2v) is 7.76. The van der Waals surface area contributed by atoms with E-state index in [0.717, 1.165) is 28.5 Å². The highest BCUT2D eigenvalue weighted by Crippen LogP contribution is 2.26. The van der Waals surface area contributed by atoms with Crippen LogP contribution >= 0.6 is 0 Å². The third-order valence-corrected chi connectivity index (χ3v) is 5.68. The lowest BCUT2D eigenvalue weighted by Crippen LogP contribution is -2.25. The van der Waals surface area contributed by atoms with Crippen LogP contribution in [0.25, 0.3) is 22.0 Å². The van der Waals surface area contributed by atoms with Crippen molar-refractivity contribution in [3.8, 4) is 11.1 Å². The lowest BCUT2D eigenvalue weighted by molar-refractivity contribution is 0.0949. The molecule has 0 radical (unpaired) electrons. The number of H-pyrrole nitrogens is 1. The van der Waals surface area contributed by atoms with E-state index in [-0.39, 0.29) is 17.3 Å². The molecule has 4 aromatic rings. The summed E-state index contributed by atoms with van der Waals surface area (Å²) in [5.74, 6) is -2.18. The zero-order valence-electron chi connectivity index (χ0n) is 18.3. The van der Waals surface area contributed by atoms with Crippen LogP contribution in [0.1, 0.15) is 32.0 Å². The fraction of sp³-hybridized carbons (Fsp3) is 0.154. The van der Waals surface area contributed by atoms with Gasteiger partial charge in [-0.05, 0) is 66.4 Å². The predicted molar refractivity (Wildman–Crippen MR) is 124 cm³/mol. The normalized spacial score (nSPS) is 10.9. The first-order chi connectivity index (χ1) is 15.9. The van der Waals surface area contributed by atoms with Crippen LogP contribution in [0.3, 0.4) is 0 Å². The van der Waals surface area contributed by atoms with Crippen molar-refractivity contribution in [3.63, 3.8) is 0 Å². The molecule has 2 amide bonds. The van der Waals surface area contributed by atoms with Gasteiger partial charge in [0.15, 0.2) is 11.6 Å². The van der Waals surface area contributed by atoms with Gasteiger partial charge in [0.1, 0.15) is 0 Å². The zero-order chi connectivity index (χ0) is 23.5. The number of nitrogens with one attached hydrogen (secondary N) is 3. The highest BCUT2D eigenvalue weighted by Gasteiger charge is 2.15. The number of benzene rings is 3. The molecule has 0 saturated carbocycles. The monoisotopic (exact) mass is 447 g/mol. The molecule has 4 rings (SSSR count). The smallest absolute Gasteiger partial charge is 0.251 e. The van der Waals surface area contributed by atoms with Crippen LogP contribution in [0.5, 0.6) is 0 Å². The molecule has 0 fully saturated rings. The summed E-state index contributed by atoms with van der Waals surface area (Å²) in [6.07, 6.45) is 0.479. The first-order valence-corrected chi connectivity index (χ1v) is 10.5. The summed E-state index contributed by atoms with van der Waals surface area (Å²) in [4.78, 5) is 27.3. The molecular formula is C26H23F2N3O2. The van der Waals surface area contributed by atoms with Gasteiger partial charge in [0.25, 0.3) is 11.8 Å². The first-order valence-electron chi connectivity index (χ1n) is 10.5. The number of fused-ring (bicyclic) bond motifs is 1. The maximum Gasteiger partial charge on any atom is 0.251 e. The van der Waals surface area contributed by atoms with Crippen LogP contribution < -0.4 is 10.6 Å². The van der Waals surface area contributed by atoms with Crippen molar-refractivity contribution in [2.24, 2.45) is 0 Å². The van der Waals surface area contributed by atoms with Gasteiger partial charge in [0.05, 0.1) is 5.52 Å². The molecule has 0 aliphatic carbocycles. The largest absolute Gasteiger partial charge is 0.356 e. The minimum absolute atomic E-state index is 0.143. The Morgan fingerprint density at radius 1 is 0.909 bits per heavy atom. The molecule has 0 aliphatic heterocycles. The van der Waals surface area contributed by atoms with E-state index in [1.165, 1.54) is 0 Å². The summed E-state index contributed by atoms with van der Waals surface area (Å²) in [6, 6.07) is 17.0. The molecule has 0 saturated heterocycles. The van der Waals surface area contributed by atoms with E-state index < -0.39 is 11.6 Å². The molecule has 0 spiro atoms. The van der Waals surface area contributed by atoms with Crippen molar-refractivity contribution in [1.29, 1.82) is 0 Å². The van der Waals surface area contributed by atoms with Crippen molar-refractivity contribution in [3.05, 3.63) is 94.7 Å². The Bertz CT molecular complexity index is 1340. The topological polar surface area (TPSA) is 74.0 Å². The van der Waals surface area contributed by atoms with Crippen LogP contribution in [-0.2, 0) is 6.42 Å². The molecule has 3 aromatic carbocycles. The summed E-state index contributed by atoms with van der Waals surface area (Å²) in [6.45, 7) is 2.15. The number of carbonyl (C=O) groups excluding carboxylic acids is 2. The number of hydrogen-bond acceptors (Lipinski definition) is 2. The number of aromatic amines is 1. The van der Waals surface area contributed by atoms with Crippen molar-refractivity contribution in [1.82, 2.24) is 15.6 Å². The van der Waals surface area contributed by atoms with Crippen LogP contribution in [0.15, 0.2) is 60.7 Å². The molecule has 0 aliphatic rings. The lowest BCUT2D eigenvalue weighted by atomic mass is 10.0. The van der Waals surface area contributed by atoms with Gasteiger partial charge in [0.2, 0.25) is 0 Å². The fourth-order valence-electron chi connectivity index (χ4n) is 3.91. The number of rotatable bonds is 6. The van der Waals surface area contributed by atoms with Gasteiger partial charge in [-0.1, -0.05) is 24.3 Å². The Hall–Kier alpha value is -4.00. The summed E-state index contributed by atoms with van der Waals surface area (Å²) >= 11 is 0. The summed E-state index contributed by atoms with van der Waals surface area (Å²) in [5, 5.41) is 6.09. The molecule has 1 heterocycles. The molecule has 3 N–H and O–H groups in total. The van der Waals surface area contributed by atoms with Gasteiger partial charge in [-0.15, -0.1) is 0 Å². The van der Waals surface area contributed by atoms with Gasteiger partial charge < -0.3 is 15.6 Å². The fourth-order valence-corrected chi connectivity index (χ4v) is 3.91. The van der Waals surface area contributed by atoms with Crippen molar-refractivity contribution in [2.75, 3.05) is 13.6 Å². The highest BCUT2D eigenvalue weighted by atomic mass is 19.2. The van der Waals surface area contributed by atoms with E-state index in [1.54, 1.807) is 44.3 Å². The SMILES string of the molecule is CNC(=O)c1cccc(-c2ccc(C(=O)NCCc3c(C)[nH]c4c(F)c(F)ccc34)cc2)c1. The second-order valence-electron chi connectivity index (χ2n) is 7.76. The average molecular weight is 447 g/mol. The third kappa shape index (κ3) is 4.48. The Morgan fingerprint density at radius 3 is 2.39 bits per heavy atom. The third-order valence-electron chi connectivity index (χ3n) is 5.68. The highest BCUT2D eigenvalue weighted by molar-refractivity contribution is 5.96. The van der Waals surface area contributed by atoms with Crippen LogP contribution in [0.2, 0.25) is 0 Å². The van der Waals surface area contributed by atoms with E-state index in [9.17, 15) is 18.4 Å². The Kier molecular flexibility index (Phi) is 6.22. The van der Waals surface area contributed by atoms with Crippen molar-refractivity contribution in [2.45, 2.75) is 13.3 Å². The zero-order valence-corrected chi connectivity index (χ0v) is 18.3. The standard InChI is InChI=1S/C26H23F2N3O2/c1-15-20(21-10-11-22(27)23(28)24(21)31-15)12-13-30-26(33)17-8-6-16(7-9-17)18-4-3-5-19(14-18)25(32)29-2/h3-11,14,31H,12-13H2,1-2H3,(H,29,32)(H,30,33). The van der Waals surface area contributed by atoms with E-state index in [1.807, 2.05) is 24.3 Å². The molecule has 5 nitrogen and oxygen atoms in total. The molecule has 7 heteroatoms. The van der Waals surface area contributed by atoms with E-state index >= 15 is 0 Å². The van der Waals surface area contributed by atoms with E-state index in [0.29, 0.717) is 29.5 Å². The predicted octanol–water partition coefficient (Wildman–Crippen LogP) is 4.75. The van der Waals surface area contributed by atoms with E-state index in [2.05, 4.69) is 15.6 Å². The number of hydrogen-bond donors (Lipinski definition) is 3. The summed E-state index contributed by atoms with van der Waals surface area (Å²) in [5.41, 5.74) is 4.56. The van der Waals surface area contributed by atoms with Gasteiger partial charge >= 0.3 is 0 Å². The molecule has 33 heavy (non-hydrogen) atoms. The maximum absolute atomic E-state index is 14.0. The van der Waals surface area contributed by atoms with Gasteiger partial charge in [0, 0.05) is 35.8 Å². The molecule has 0 bridgehead atoms. The van der Waals surface area contributed by atoms with Crippen LogP contribution in [0, 0.1) is 18.6 Å². The Morgan fingerprint density at radius 2 is 1.67 bits per heavy atom. The van der Waals surface area contributed by atoms with Crippen LogP contribution in [0.4, 0.5) is 8.78 Å². The van der Waals surface area contributed by atoms with Gasteiger partial charge in [-0.3, -0.25) is 9.59 Å². The number of amides is 2.